The Kier molecular flexibility index (Phi) is 5.30. The van der Waals surface area contributed by atoms with Crippen LogP contribution in [0.3, 0.4) is 0 Å². The monoisotopic (exact) mass is 483 g/mol. The molecule has 0 amide bonds. The molecule has 0 radical (unpaired) electrons. The summed E-state index contributed by atoms with van der Waals surface area (Å²) in [6.45, 7) is 4.20. The van der Waals surface area contributed by atoms with Crippen molar-refractivity contribution in [3.8, 4) is 28.6 Å². The standard InChI is InChI=1S/C27H21N3O4S/c1-16-8-10-21-19(13-24(31)34-25(21)17(16)2)14-35-27-29-28-26(30(27)20-6-4-3-5-7-20)18-9-11-22-23(12-18)33-15-32-22/h3-13H,14-15H2,1-2H3. The molecule has 0 spiro atoms. The highest BCUT2D eigenvalue weighted by molar-refractivity contribution is 7.98. The fraction of sp³-hybridized carbons (Fsp3) is 0.148. The van der Waals surface area contributed by atoms with Crippen molar-refractivity contribution in [1.29, 1.82) is 0 Å². The minimum Gasteiger partial charge on any atom is -0.454 e. The molecule has 2 aromatic heterocycles. The van der Waals surface area contributed by atoms with Gasteiger partial charge in [0.2, 0.25) is 6.79 Å². The van der Waals surface area contributed by atoms with Gasteiger partial charge < -0.3 is 13.9 Å². The molecule has 0 saturated heterocycles. The van der Waals surface area contributed by atoms with Crippen LogP contribution in [0.1, 0.15) is 16.7 Å². The summed E-state index contributed by atoms with van der Waals surface area (Å²) in [7, 11) is 0. The number of thioether (sulfide) groups is 1. The zero-order chi connectivity index (χ0) is 23.9. The first-order valence-electron chi connectivity index (χ1n) is 11.1. The molecule has 1 aliphatic heterocycles. The molecule has 7 nitrogen and oxygen atoms in total. The maximum atomic E-state index is 12.3. The van der Waals surface area contributed by atoms with Gasteiger partial charge in [-0.3, -0.25) is 4.57 Å². The maximum absolute atomic E-state index is 12.3. The van der Waals surface area contributed by atoms with Crippen LogP contribution in [-0.4, -0.2) is 21.6 Å². The zero-order valence-electron chi connectivity index (χ0n) is 19.1. The molecular formula is C27H21N3O4S. The Bertz CT molecular complexity index is 1630. The number of hydrogen-bond acceptors (Lipinski definition) is 7. The van der Waals surface area contributed by atoms with E-state index in [0.29, 0.717) is 28.1 Å². The molecule has 0 fully saturated rings. The second-order valence-electron chi connectivity index (χ2n) is 8.31. The molecule has 6 rings (SSSR count). The number of fused-ring (bicyclic) bond motifs is 2. The number of benzene rings is 3. The summed E-state index contributed by atoms with van der Waals surface area (Å²) in [4.78, 5) is 12.3. The maximum Gasteiger partial charge on any atom is 0.336 e. The van der Waals surface area contributed by atoms with Crippen molar-refractivity contribution in [2.24, 2.45) is 0 Å². The first kappa shape index (κ1) is 21.5. The first-order valence-corrected chi connectivity index (χ1v) is 12.1. The average molecular weight is 484 g/mol. The highest BCUT2D eigenvalue weighted by atomic mass is 32.2. The lowest BCUT2D eigenvalue weighted by molar-refractivity contribution is 0.174. The molecule has 8 heteroatoms. The number of aryl methyl sites for hydroxylation is 2. The van der Waals surface area contributed by atoms with Gasteiger partial charge in [0.05, 0.1) is 0 Å². The predicted octanol–water partition coefficient (Wildman–Crippen LogP) is 5.68. The van der Waals surface area contributed by atoms with Crippen molar-refractivity contribution < 1.29 is 13.9 Å². The predicted molar refractivity (Wildman–Crippen MR) is 134 cm³/mol. The fourth-order valence-corrected chi connectivity index (χ4v) is 5.13. The van der Waals surface area contributed by atoms with Gasteiger partial charge in [-0.1, -0.05) is 42.1 Å². The second kappa shape index (κ2) is 8.63. The lowest BCUT2D eigenvalue weighted by Gasteiger charge is -2.12. The molecule has 0 saturated carbocycles. The minimum atomic E-state index is -0.354. The third-order valence-electron chi connectivity index (χ3n) is 6.15. The van der Waals surface area contributed by atoms with Crippen LogP contribution >= 0.6 is 11.8 Å². The van der Waals surface area contributed by atoms with Gasteiger partial charge in [-0.2, -0.15) is 0 Å². The van der Waals surface area contributed by atoms with E-state index in [1.54, 1.807) is 6.07 Å². The van der Waals surface area contributed by atoms with Crippen molar-refractivity contribution >= 4 is 22.7 Å². The number of rotatable bonds is 5. The van der Waals surface area contributed by atoms with Crippen LogP contribution in [0.4, 0.5) is 0 Å². The summed E-state index contributed by atoms with van der Waals surface area (Å²) in [5.41, 5.74) is 5.06. The third kappa shape index (κ3) is 3.85. The van der Waals surface area contributed by atoms with Gasteiger partial charge in [0.15, 0.2) is 22.5 Å². The quantitative estimate of drug-likeness (QED) is 0.235. The largest absolute Gasteiger partial charge is 0.454 e. The molecule has 0 N–H and O–H groups in total. The number of nitrogens with zero attached hydrogens (tertiary/aromatic N) is 3. The van der Waals surface area contributed by atoms with E-state index < -0.39 is 0 Å². The summed E-state index contributed by atoms with van der Waals surface area (Å²) in [5.74, 6) is 2.64. The molecule has 35 heavy (non-hydrogen) atoms. The zero-order valence-corrected chi connectivity index (χ0v) is 20.0. The van der Waals surface area contributed by atoms with E-state index in [2.05, 4.69) is 16.3 Å². The Labute approximate surface area is 205 Å². The van der Waals surface area contributed by atoms with E-state index in [-0.39, 0.29) is 12.4 Å². The molecule has 1 aliphatic rings. The van der Waals surface area contributed by atoms with Gasteiger partial charge in [-0.05, 0) is 60.9 Å². The van der Waals surface area contributed by atoms with Gasteiger partial charge >= 0.3 is 5.63 Å². The lowest BCUT2D eigenvalue weighted by atomic mass is 10.0. The molecule has 0 unspecified atom stereocenters. The highest BCUT2D eigenvalue weighted by Crippen LogP contribution is 2.37. The van der Waals surface area contributed by atoms with Crippen molar-refractivity contribution in [1.82, 2.24) is 14.8 Å². The van der Waals surface area contributed by atoms with E-state index in [9.17, 15) is 4.79 Å². The second-order valence-corrected chi connectivity index (χ2v) is 9.25. The smallest absolute Gasteiger partial charge is 0.336 e. The van der Waals surface area contributed by atoms with Crippen LogP contribution in [0.2, 0.25) is 0 Å². The van der Waals surface area contributed by atoms with E-state index >= 15 is 0 Å². The summed E-state index contributed by atoms with van der Waals surface area (Å²) in [6.07, 6.45) is 0. The van der Waals surface area contributed by atoms with E-state index in [0.717, 1.165) is 39.1 Å². The Morgan fingerprint density at radius 2 is 1.77 bits per heavy atom. The molecule has 3 aromatic carbocycles. The average Bonchev–Trinajstić information content (AvgIpc) is 3.52. The molecule has 0 atom stereocenters. The molecule has 3 heterocycles. The van der Waals surface area contributed by atoms with Crippen molar-refractivity contribution in [3.63, 3.8) is 0 Å². The van der Waals surface area contributed by atoms with E-state index in [1.807, 2.05) is 73.0 Å². The van der Waals surface area contributed by atoms with Gasteiger partial charge in [0, 0.05) is 28.5 Å². The Morgan fingerprint density at radius 1 is 0.943 bits per heavy atom. The summed E-state index contributed by atoms with van der Waals surface area (Å²) < 4.78 is 18.6. The normalized spacial score (nSPS) is 12.4. The number of aromatic nitrogens is 3. The number of para-hydroxylation sites is 1. The summed E-state index contributed by atoms with van der Waals surface area (Å²) >= 11 is 1.52. The summed E-state index contributed by atoms with van der Waals surface area (Å²) in [5, 5.41) is 10.7. The summed E-state index contributed by atoms with van der Waals surface area (Å²) in [6, 6.07) is 21.3. The first-order chi connectivity index (χ1) is 17.1. The van der Waals surface area contributed by atoms with Crippen LogP contribution in [0.15, 0.2) is 81.1 Å². The molecule has 0 bridgehead atoms. The Balaban J connectivity index is 1.42. The lowest BCUT2D eigenvalue weighted by Crippen LogP contribution is -2.03. The van der Waals surface area contributed by atoms with Crippen molar-refractivity contribution in [2.45, 2.75) is 24.8 Å². The molecule has 0 aliphatic carbocycles. The van der Waals surface area contributed by atoms with Crippen molar-refractivity contribution in [3.05, 3.63) is 93.8 Å². The van der Waals surface area contributed by atoms with Gasteiger partial charge in [0.1, 0.15) is 5.58 Å². The molecular weight excluding hydrogens is 462 g/mol. The van der Waals surface area contributed by atoms with Crippen LogP contribution < -0.4 is 15.1 Å². The number of ether oxygens (including phenoxy) is 2. The Morgan fingerprint density at radius 3 is 2.63 bits per heavy atom. The highest BCUT2D eigenvalue weighted by Gasteiger charge is 2.20. The van der Waals surface area contributed by atoms with Crippen LogP contribution in [0.25, 0.3) is 28.0 Å². The van der Waals surface area contributed by atoms with Gasteiger partial charge in [-0.25, -0.2) is 4.79 Å². The SMILES string of the molecule is Cc1ccc2c(CSc3nnc(-c4ccc5c(c4)OCO5)n3-c3ccccc3)cc(=O)oc2c1C. The third-order valence-corrected chi connectivity index (χ3v) is 7.13. The van der Waals surface area contributed by atoms with Crippen LogP contribution in [0, 0.1) is 13.8 Å². The van der Waals surface area contributed by atoms with Crippen LogP contribution in [-0.2, 0) is 5.75 Å². The van der Waals surface area contributed by atoms with Crippen LogP contribution in [0.5, 0.6) is 11.5 Å². The minimum absolute atomic E-state index is 0.212. The van der Waals surface area contributed by atoms with E-state index in [4.69, 9.17) is 13.9 Å². The molecule has 5 aromatic rings. The molecule has 174 valence electrons. The number of hydrogen-bond donors (Lipinski definition) is 0. The van der Waals surface area contributed by atoms with Gasteiger partial charge in [-0.15, -0.1) is 10.2 Å². The Hall–Kier alpha value is -4.04. The van der Waals surface area contributed by atoms with Gasteiger partial charge in [0.25, 0.3) is 0 Å². The topological polar surface area (TPSA) is 79.4 Å². The van der Waals surface area contributed by atoms with E-state index in [1.165, 1.54) is 11.8 Å². The van der Waals surface area contributed by atoms with Crippen molar-refractivity contribution in [2.75, 3.05) is 6.79 Å². The fourth-order valence-electron chi connectivity index (χ4n) is 4.18.